The van der Waals surface area contributed by atoms with Crippen molar-refractivity contribution >= 4 is 34.0 Å². The van der Waals surface area contributed by atoms with Crippen LogP contribution >= 0.6 is 24.0 Å². The molecule has 1 aliphatic carbocycles. The van der Waals surface area contributed by atoms with Crippen molar-refractivity contribution < 1.29 is 12.8 Å². The van der Waals surface area contributed by atoms with Gasteiger partial charge in [-0.15, -0.1) is 12.4 Å². The molecule has 0 unspecified atom stereocenters. The number of halogens is 3. The number of piperidine rings is 1. The van der Waals surface area contributed by atoms with Crippen LogP contribution in [-0.2, 0) is 10.0 Å². The number of nitrogens with zero attached hydrogens (tertiary/aromatic N) is 1. The van der Waals surface area contributed by atoms with Crippen LogP contribution in [0.25, 0.3) is 0 Å². The highest BCUT2D eigenvalue weighted by atomic mass is 35.5. The number of rotatable bonds is 5. The van der Waals surface area contributed by atoms with Crippen molar-refractivity contribution in [2.24, 2.45) is 5.92 Å². The van der Waals surface area contributed by atoms with Gasteiger partial charge in [0, 0.05) is 24.2 Å². The van der Waals surface area contributed by atoms with E-state index in [1.165, 1.54) is 23.2 Å². The third-order valence-electron chi connectivity index (χ3n) is 4.32. The minimum absolute atomic E-state index is 0. The first-order valence-electron chi connectivity index (χ1n) is 7.65. The molecule has 3 rings (SSSR count). The Morgan fingerprint density at radius 3 is 2.39 bits per heavy atom. The monoisotopic (exact) mass is 382 g/mol. The van der Waals surface area contributed by atoms with E-state index in [1.54, 1.807) is 0 Å². The topological polar surface area (TPSA) is 49.4 Å². The fourth-order valence-corrected chi connectivity index (χ4v) is 4.60. The highest BCUT2D eigenvalue weighted by Gasteiger charge is 2.30. The van der Waals surface area contributed by atoms with Crippen molar-refractivity contribution in [3.63, 3.8) is 0 Å². The Morgan fingerprint density at radius 2 is 1.83 bits per heavy atom. The smallest absolute Gasteiger partial charge is 0.243 e. The second-order valence-electron chi connectivity index (χ2n) is 6.14. The molecule has 0 atom stereocenters. The third kappa shape index (κ3) is 4.79. The molecule has 23 heavy (non-hydrogen) atoms. The summed E-state index contributed by atoms with van der Waals surface area (Å²) in [6.45, 7) is 1.95. The maximum Gasteiger partial charge on any atom is 0.243 e. The Hall–Kier alpha value is -0.400. The predicted octanol–water partition coefficient (Wildman–Crippen LogP) is 3.05. The molecular weight excluding hydrogens is 362 g/mol. The lowest BCUT2D eigenvalue weighted by Gasteiger charge is -2.31. The molecule has 1 N–H and O–H groups in total. The number of hydrogen-bond donors (Lipinski definition) is 1. The van der Waals surface area contributed by atoms with E-state index in [-0.39, 0.29) is 22.3 Å². The minimum atomic E-state index is -3.67. The van der Waals surface area contributed by atoms with Crippen molar-refractivity contribution in [1.82, 2.24) is 9.62 Å². The molecule has 1 saturated heterocycles. The average Bonchev–Trinajstić information content (AvgIpc) is 3.29. The van der Waals surface area contributed by atoms with Gasteiger partial charge < -0.3 is 5.32 Å². The summed E-state index contributed by atoms with van der Waals surface area (Å²) in [5.74, 6) is 0.184. The first kappa shape index (κ1) is 18.9. The Labute approximate surface area is 147 Å². The number of sulfonamides is 1. The van der Waals surface area contributed by atoms with Crippen LogP contribution in [0.4, 0.5) is 4.39 Å². The number of nitrogens with one attached hydrogen (secondary N) is 1. The van der Waals surface area contributed by atoms with Crippen LogP contribution in [0.15, 0.2) is 23.1 Å². The summed E-state index contributed by atoms with van der Waals surface area (Å²) < 4.78 is 39.9. The summed E-state index contributed by atoms with van der Waals surface area (Å²) in [6.07, 6.45) is 4.19. The highest BCUT2D eigenvalue weighted by Crippen LogP contribution is 2.28. The lowest BCUT2D eigenvalue weighted by molar-refractivity contribution is 0.288. The lowest BCUT2D eigenvalue weighted by atomic mass is 10.1. The summed E-state index contributed by atoms with van der Waals surface area (Å²) in [4.78, 5) is -0.0677. The van der Waals surface area contributed by atoms with E-state index in [2.05, 4.69) is 5.32 Å². The predicted molar refractivity (Wildman–Crippen MR) is 91.2 cm³/mol. The van der Waals surface area contributed by atoms with Crippen molar-refractivity contribution in [2.45, 2.75) is 36.6 Å². The van der Waals surface area contributed by atoms with Gasteiger partial charge >= 0.3 is 0 Å². The lowest BCUT2D eigenvalue weighted by Crippen LogP contribution is -2.45. The van der Waals surface area contributed by atoms with Gasteiger partial charge in [-0.1, -0.05) is 11.6 Å². The summed E-state index contributed by atoms with van der Waals surface area (Å²) in [5.41, 5.74) is 0. The van der Waals surface area contributed by atoms with Crippen molar-refractivity contribution in [2.75, 3.05) is 19.6 Å². The molecule has 0 bridgehead atoms. The average molecular weight is 383 g/mol. The Balaban J connectivity index is 0.00000192. The molecule has 130 valence electrons. The zero-order valence-electron chi connectivity index (χ0n) is 12.7. The van der Waals surface area contributed by atoms with Crippen LogP contribution in [0.3, 0.4) is 0 Å². The molecule has 1 aromatic carbocycles. The van der Waals surface area contributed by atoms with E-state index in [9.17, 15) is 12.8 Å². The molecule has 0 radical (unpaired) electrons. The molecule has 1 heterocycles. The van der Waals surface area contributed by atoms with E-state index >= 15 is 0 Å². The first-order valence-corrected chi connectivity index (χ1v) is 9.46. The Bertz CT molecular complexity index is 625. The molecule has 0 amide bonds. The van der Waals surface area contributed by atoms with Gasteiger partial charge in [-0.2, -0.15) is 4.31 Å². The molecule has 1 saturated carbocycles. The van der Waals surface area contributed by atoms with Crippen molar-refractivity contribution in [3.8, 4) is 0 Å². The van der Waals surface area contributed by atoms with Gasteiger partial charge in [0.05, 0.1) is 4.90 Å². The Morgan fingerprint density at radius 1 is 1.17 bits per heavy atom. The SMILES string of the molecule is Cl.O=S(=O)(c1cc(F)cc(Cl)c1)N1CCC(NCC2CC2)CC1. The van der Waals surface area contributed by atoms with Crippen molar-refractivity contribution in [3.05, 3.63) is 29.0 Å². The molecule has 0 spiro atoms. The summed E-state index contributed by atoms with van der Waals surface area (Å²) in [5, 5.41) is 3.61. The van der Waals surface area contributed by atoms with Gasteiger partial charge in [0.15, 0.2) is 0 Å². The van der Waals surface area contributed by atoms with Gasteiger partial charge in [-0.05, 0) is 56.3 Å². The fourth-order valence-electron chi connectivity index (χ4n) is 2.78. The molecule has 1 aromatic rings. The van der Waals surface area contributed by atoms with Crippen LogP contribution in [-0.4, -0.2) is 38.4 Å². The van der Waals surface area contributed by atoms with Gasteiger partial charge in [0.1, 0.15) is 5.82 Å². The second kappa shape index (κ2) is 7.66. The van der Waals surface area contributed by atoms with Crippen LogP contribution in [0.1, 0.15) is 25.7 Å². The summed E-state index contributed by atoms with van der Waals surface area (Å²) in [7, 11) is -3.67. The summed E-state index contributed by atoms with van der Waals surface area (Å²) in [6, 6.07) is 3.81. The highest BCUT2D eigenvalue weighted by molar-refractivity contribution is 7.89. The first-order chi connectivity index (χ1) is 10.4. The number of benzene rings is 1. The van der Waals surface area contributed by atoms with E-state index in [4.69, 9.17) is 11.6 Å². The summed E-state index contributed by atoms with van der Waals surface area (Å²) >= 11 is 5.76. The van der Waals surface area contributed by atoms with Gasteiger partial charge in [-0.25, -0.2) is 12.8 Å². The molecular formula is C15H21Cl2FN2O2S. The van der Waals surface area contributed by atoms with Crippen LogP contribution in [0.2, 0.25) is 5.02 Å². The molecule has 1 aliphatic heterocycles. The quantitative estimate of drug-likeness (QED) is 0.850. The maximum atomic E-state index is 13.4. The zero-order chi connectivity index (χ0) is 15.7. The van der Waals surface area contributed by atoms with Crippen LogP contribution in [0.5, 0.6) is 0 Å². The Kier molecular flexibility index (Phi) is 6.30. The van der Waals surface area contributed by atoms with Gasteiger partial charge in [-0.3, -0.25) is 0 Å². The standard InChI is InChI=1S/C15H20ClFN2O2S.ClH/c16-12-7-13(17)9-15(8-12)22(20,21)19-5-3-14(4-6-19)18-10-11-1-2-11;/h7-9,11,14,18H,1-6,10H2;1H. The molecule has 0 aromatic heterocycles. The normalized spacial score (nSPS) is 20.3. The number of hydrogen-bond acceptors (Lipinski definition) is 3. The molecule has 4 nitrogen and oxygen atoms in total. The van der Waals surface area contributed by atoms with E-state index in [1.807, 2.05) is 0 Å². The van der Waals surface area contributed by atoms with Gasteiger partial charge in [0.25, 0.3) is 0 Å². The molecule has 2 fully saturated rings. The molecule has 2 aliphatic rings. The largest absolute Gasteiger partial charge is 0.314 e. The fraction of sp³-hybridized carbons (Fsp3) is 0.600. The van der Waals surface area contributed by atoms with Crippen molar-refractivity contribution in [1.29, 1.82) is 0 Å². The van der Waals surface area contributed by atoms with Gasteiger partial charge in [0.2, 0.25) is 10.0 Å². The molecule has 8 heteroatoms. The third-order valence-corrected chi connectivity index (χ3v) is 6.41. The zero-order valence-corrected chi connectivity index (χ0v) is 15.1. The second-order valence-corrected chi connectivity index (χ2v) is 8.51. The van der Waals surface area contributed by atoms with Crippen LogP contribution in [0, 0.1) is 11.7 Å². The van der Waals surface area contributed by atoms with E-state index in [0.717, 1.165) is 37.4 Å². The van der Waals surface area contributed by atoms with E-state index < -0.39 is 15.8 Å². The van der Waals surface area contributed by atoms with Crippen LogP contribution < -0.4 is 5.32 Å². The maximum absolute atomic E-state index is 13.4. The van der Waals surface area contributed by atoms with E-state index in [0.29, 0.717) is 19.1 Å². The minimum Gasteiger partial charge on any atom is -0.314 e.